The van der Waals surface area contributed by atoms with E-state index in [9.17, 15) is 19.5 Å². The molecule has 34 heavy (non-hydrogen) atoms. The summed E-state index contributed by atoms with van der Waals surface area (Å²) in [5.41, 5.74) is 0.959. The zero-order valence-corrected chi connectivity index (χ0v) is 19.3. The number of phenols is 1. The van der Waals surface area contributed by atoms with Gasteiger partial charge in [0.05, 0.1) is 22.2 Å². The molecule has 174 valence electrons. The van der Waals surface area contributed by atoms with Crippen molar-refractivity contribution in [3.05, 3.63) is 81.5 Å². The highest BCUT2D eigenvalue weighted by Crippen LogP contribution is 2.33. The Labute approximate surface area is 205 Å². The van der Waals surface area contributed by atoms with Crippen LogP contribution in [0, 0.1) is 0 Å². The Bertz CT molecular complexity index is 1250. The fourth-order valence-corrected chi connectivity index (χ4v) is 4.00. The van der Waals surface area contributed by atoms with Gasteiger partial charge in [0.25, 0.3) is 11.8 Å². The number of nitrogens with zero attached hydrogens (tertiary/aromatic N) is 1. The van der Waals surface area contributed by atoms with E-state index >= 15 is 0 Å². The Kier molecular flexibility index (Phi) is 7.00. The van der Waals surface area contributed by atoms with E-state index in [1.54, 1.807) is 30.3 Å². The van der Waals surface area contributed by atoms with Crippen LogP contribution in [-0.4, -0.2) is 34.4 Å². The maximum Gasteiger partial charge on any atom is 0.259 e. The normalized spacial score (nSPS) is 15.4. The highest BCUT2D eigenvalue weighted by molar-refractivity contribution is 6.32. The number of amides is 3. The first-order chi connectivity index (χ1) is 16.3. The minimum absolute atomic E-state index is 0.0274. The minimum atomic E-state index is -0.637. The second-order valence-corrected chi connectivity index (χ2v) is 8.60. The number of halogens is 2. The van der Waals surface area contributed by atoms with Crippen LogP contribution >= 0.6 is 23.2 Å². The monoisotopic (exact) mass is 498 g/mol. The summed E-state index contributed by atoms with van der Waals surface area (Å²) in [5, 5.41) is 18.9. The Morgan fingerprint density at radius 2 is 1.76 bits per heavy atom. The van der Waals surface area contributed by atoms with Gasteiger partial charge in [-0.05, 0) is 48.7 Å². The predicted octanol–water partition coefficient (Wildman–Crippen LogP) is 4.59. The molecule has 8 nitrogen and oxygen atoms in total. The zero-order valence-electron chi connectivity index (χ0n) is 17.8. The molecule has 1 aromatic heterocycles. The molecule has 10 heteroatoms. The number of carbonyl (C=O) groups is 3. The van der Waals surface area contributed by atoms with E-state index in [4.69, 9.17) is 23.2 Å². The van der Waals surface area contributed by atoms with Gasteiger partial charge in [0.2, 0.25) is 5.91 Å². The molecule has 4 rings (SSSR count). The quantitative estimate of drug-likeness (QED) is 0.383. The number of piperidine rings is 1. The van der Waals surface area contributed by atoms with Crippen LogP contribution in [0.5, 0.6) is 5.75 Å². The van der Waals surface area contributed by atoms with Gasteiger partial charge in [-0.3, -0.25) is 14.4 Å². The third-order valence-corrected chi connectivity index (χ3v) is 5.84. The van der Waals surface area contributed by atoms with E-state index in [-0.39, 0.29) is 39.7 Å². The molecular formula is C24H20Cl2N4O4. The van der Waals surface area contributed by atoms with Crippen molar-refractivity contribution in [3.63, 3.8) is 0 Å². The summed E-state index contributed by atoms with van der Waals surface area (Å²) in [6.45, 7) is 0.671. The first-order valence-corrected chi connectivity index (χ1v) is 11.2. The summed E-state index contributed by atoms with van der Waals surface area (Å²) < 4.78 is 0. The van der Waals surface area contributed by atoms with Crippen molar-refractivity contribution in [2.75, 3.05) is 17.2 Å². The molecule has 3 aromatic rings. The number of anilines is 2. The van der Waals surface area contributed by atoms with Gasteiger partial charge in [-0.25, -0.2) is 4.98 Å². The van der Waals surface area contributed by atoms with Gasteiger partial charge in [0.1, 0.15) is 11.6 Å². The van der Waals surface area contributed by atoms with E-state index in [0.29, 0.717) is 17.1 Å². The van der Waals surface area contributed by atoms with E-state index in [0.717, 1.165) is 18.4 Å². The third-order valence-electron chi connectivity index (χ3n) is 5.39. The van der Waals surface area contributed by atoms with Crippen molar-refractivity contribution in [1.82, 2.24) is 10.3 Å². The van der Waals surface area contributed by atoms with Crippen molar-refractivity contribution >= 4 is 52.4 Å². The molecule has 0 bridgehead atoms. The van der Waals surface area contributed by atoms with E-state index in [1.807, 2.05) is 0 Å². The van der Waals surface area contributed by atoms with Crippen molar-refractivity contribution in [3.8, 4) is 5.75 Å². The molecule has 3 amide bonds. The van der Waals surface area contributed by atoms with Crippen LogP contribution in [0.25, 0.3) is 0 Å². The molecular weight excluding hydrogens is 479 g/mol. The molecule has 1 atom stereocenters. The van der Waals surface area contributed by atoms with E-state index in [1.165, 1.54) is 24.4 Å². The maximum absolute atomic E-state index is 12.9. The second kappa shape index (κ2) is 10.1. The lowest BCUT2D eigenvalue weighted by Crippen LogP contribution is -2.35. The van der Waals surface area contributed by atoms with Gasteiger partial charge in [-0.2, -0.15) is 0 Å². The van der Waals surface area contributed by atoms with Gasteiger partial charge >= 0.3 is 0 Å². The summed E-state index contributed by atoms with van der Waals surface area (Å²) >= 11 is 11.8. The number of pyridine rings is 1. The van der Waals surface area contributed by atoms with Crippen LogP contribution in [-0.2, 0) is 4.79 Å². The predicted molar refractivity (Wildman–Crippen MR) is 130 cm³/mol. The first-order valence-electron chi connectivity index (χ1n) is 10.5. The number of hydrogen-bond donors (Lipinski definition) is 4. The third kappa shape index (κ3) is 5.30. The fraction of sp³-hybridized carbons (Fsp3) is 0.167. The Balaban J connectivity index is 1.54. The molecule has 0 saturated carbocycles. The maximum atomic E-state index is 12.9. The summed E-state index contributed by atoms with van der Waals surface area (Å²) in [5.74, 6) is -1.60. The molecule has 1 aliphatic heterocycles. The van der Waals surface area contributed by atoms with Gasteiger partial charge in [0, 0.05) is 29.4 Å². The molecule has 0 radical (unpaired) electrons. The number of hydrogen-bond acceptors (Lipinski definition) is 5. The molecule has 1 aliphatic rings. The Morgan fingerprint density at radius 1 is 1.00 bits per heavy atom. The lowest BCUT2D eigenvalue weighted by Gasteiger charge is -2.22. The SMILES string of the molecule is O=C(Nc1c(O)cc(Cl)cc1C(=O)Nc1ccc(Cl)cn1)c1ccc(C2CCCNC2=O)cc1. The van der Waals surface area contributed by atoms with Crippen LogP contribution in [0.4, 0.5) is 11.5 Å². The standard InChI is InChI=1S/C24H20Cl2N4O4/c25-15-7-8-20(28-12-15)29-24(34)18-10-16(26)11-19(31)21(18)30-22(32)14-5-3-13(4-6-14)17-2-1-9-27-23(17)33/h3-8,10-12,17,31H,1-2,9H2,(H,27,33)(H,30,32)(H,28,29,34). The molecule has 0 spiro atoms. The zero-order chi connectivity index (χ0) is 24.2. The van der Waals surface area contributed by atoms with Gasteiger partial charge in [0.15, 0.2) is 0 Å². The molecule has 1 fully saturated rings. The first kappa shape index (κ1) is 23.5. The average Bonchev–Trinajstić information content (AvgIpc) is 2.82. The molecule has 2 heterocycles. The Hall–Kier alpha value is -3.62. The van der Waals surface area contributed by atoms with Crippen molar-refractivity contribution in [2.45, 2.75) is 18.8 Å². The van der Waals surface area contributed by atoms with Gasteiger partial charge < -0.3 is 21.1 Å². The lowest BCUT2D eigenvalue weighted by molar-refractivity contribution is -0.123. The lowest BCUT2D eigenvalue weighted by atomic mass is 9.90. The molecule has 2 aromatic carbocycles. The minimum Gasteiger partial charge on any atom is -0.506 e. The summed E-state index contributed by atoms with van der Waals surface area (Å²) in [6.07, 6.45) is 3.01. The van der Waals surface area contributed by atoms with E-state index in [2.05, 4.69) is 20.9 Å². The number of aromatic nitrogens is 1. The van der Waals surface area contributed by atoms with Crippen molar-refractivity contribution in [2.24, 2.45) is 0 Å². The molecule has 0 aliphatic carbocycles. The number of benzene rings is 2. The van der Waals surface area contributed by atoms with Crippen LogP contribution in [0.15, 0.2) is 54.7 Å². The summed E-state index contributed by atoms with van der Waals surface area (Å²) in [7, 11) is 0. The number of nitrogens with one attached hydrogen (secondary N) is 3. The van der Waals surface area contributed by atoms with Gasteiger partial charge in [-0.15, -0.1) is 0 Å². The fourth-order valence-electron chi connectivity index (χ4n) is 3.68. The van der Waals surface area contributed by atoms with Crippen LogP contribution < -0.4 is 16.0 Å². The van der Waals surface area contributed by atoms with Crippen molar-refractivity contribution < 1.29 is 19.5 Å². The second-order valence-electron chi connectivity index (χ2n) is 7.73. The average molecular weight is 499 g/mol. The highest BCUT2D eigenvalue weighted by atomic mass is 35.5. The van der Waals surface area contributed by atoms with Crippen molar-refractivity contribution in [1.29, 1.82) is 0 Å². The topological polar surface area (TPSA) is 120 Å². The largest absolute Gasteiger partial charge is 0.506 e. The molecule has 1 unspecified atom stereocenters. The summed E-state index contributed by atoms with van der Waals surface area (Å²) in [6, 6.07) is 12.3. The Morgan fingerprint density at radius 3 is 2.44 bits per heavy atom. The highest BCUT2D eigenvalue weighted by Gasteiger charge is 2.24. The molecule has 4 N–H and O–H groups in total. The number of phenolic OH excluding ortho intramolecular Hbond substituents is 1. The van der Waals surface area contributed by atoms with E-state index < -0.39 is 11.8 Å². The van der Waals surface area contributed by atoms with Gasteiger partial charge in [-0.1, -0.05) is 35.3 Å². The summed E-state index contributed by atoms with van der Waals surface area (Å²) in [4.78, 5) is 41.8. The smallest absolute Gasteiger partial charge is 0.259 e. The number of aromatic hydroxyl groups is 1. The molecule has 1 saturated heterocycles. The van der Waals surface area contributed by atoms with Crippen LogP contribution in [0.2, 0.25) is 10.0 Å². The van der Waals surface area contributed by atoms with Crippen LogP contribution in [0.3, 0.4) is 0 Å². The van der Waals surface area contributed by atoms with Crippen LogP contribution in [0.1, 0.15) is 45.0 Å². The number of rotatable bonds is 5. The number of carbonyl (C=O) groups excluding carboxylic acids is 3.